The molecule has 2 aliphatic rings. The highest BCUT2D eigenvalue weighted by Crippen LogP contribution is 2.59. The van der Waals surface area contributed by atoms with Gasteiger partial charge in [0, 0.05) is 9.58 Å². The fourth-order valence-electron chi connectivity index (χ4n) is 6.96. The minimum atomic E-state index is -0.552. The summed E-state index contributed by atoms with van der Waals surface area (Å²) in [6, 6.07) is 33.7. The standard InChI is InChI=1S/C37H22O2S2/c38-29-7-3-21-13-27(5-1-23(21)15-29)37(28-6-2-24-16-30(39)8-4-22(24)14-28)33-10-12-41-36(33)20-32-31-17-25-9-11-40-35(25)19-26(31)18-34(32)37/h1-20,38-39H. The van der Waals surface area contributed by atoms with Gasteiger partial charge in [0.1, 0.15) is 11.5 Å². The van der Waals surface area contributed by atoms with E-state index in [2.05, 4.69) is 83.6 Å². The third kappa shape index (κ3) is 3.17. The van der Waals surface area contributed by atoms with Gasteiger partial charge in [-0.2, -0.15) is 0 Å². The van der Waals surface area contributed by atoms with Crippen LogP contribution in [0.1, 0.15) is 32.7 Å². The summed E-state index contributed by atoms with van der Waals surface area (Å²) in [4.78, 5) is 1.27. The molecule has 2 aliphatic carbocycles. The molecule has 0 unspecified atom stereocenters. The van der Waals surface area contributed by atoms with E-state index in [-0.39, 0.29) is 11.5 Å². The van der Waals surface area contributed by atoms with E-state index in [0.29, 0.717) is 0 Å². The van der Waals surface area contributed by atoms with Crippen LogP contribution in [0.15, 0.2) is 113 Å². The SMILES string of the molecule is Oc1ccc2cc(C3(c4ccc5cc(O)ccc5c4)C4=Cc5cc6sccc6cc5C4=Cc4sccc43)ccc2c1. The third-order valence-electron chi connectivity index (χ3n) is 8.80. The highest BCUT2D eigenvalue weighted by molar-refractivity contribution is 7.17. The lowest BCUT2D eigenvalue weighted by Gasteiger charge is -2.41. The van der Waals surface area contributed by atoms with Crippen LogP contribution in [-0.4, -0.2) is 10.2 Å². The van der Waals surface area contributed by atoms with E-state index in [1.807, 2.05) is 24.3 Å². The molecule has 0 spiro atoms. The maximum Gasteiger partial charge on any atom is 0.116 e. The summed E-state index contributed by atoms with van der Waals surface area (Å²) in [7, 11) is 0. The lowest BCUT2D eigenvalue weighted by molar-refractivity contribution is 0.475. The predicted octanol–water partition coefficient (Wildman–Crippen LogP) is 9.97. The molecule has 2 N–H and O–H groups in total. The molecule has 2 aromatic heterocycles. The van der Waals surface area contributed by atoms with Crippen LogP contribution < -0.4 is 0 Å². The summed E-state index contributed by atoms with van der Waals surface area (Å²) in [5.41, 5.74) is 8.22. The van der Waals surface area contributed by atoms with Gasteiger partial charge in [-0.15, -0.1) is 22.7 Å². The minimum absolute atomic E-state index is 0.273. The van der Waals surface area contributed by atoms with E-state index >= 15 is 0 Å². The van der Waals surface area contributed by atoms with Gasteiger partial charge in [-0.1, -0.05) is 36.4 Å². The topological polar surface area (TPSA) is 40.5 Å². The highest BCUT2D eigenvalue weighted by atomic mass is 32.1. The third-order valence-corrected chi connectivity index (χ3v) is 10.5. The summed E-state index contributed by atoms with van der Waals surface area (Å²) in [5, 5.41) is 30.2. The van der Waals surface area contributed by atoms with E-state index in [0.717, 1.165) is 21.5 Å². The van der Waals surface area contributed by atoms with Crippen LogP contribution >= 0.6 is 22.7 Å². The van der Waals surface area contributed by atoms with Crippen LogP contribution in [0.4, 0.5) is 0 Å². The Balaban J connectivity index is 1.41. The number of hydrogen-bond donors (Lipinski definition) is 2. The Kier molecular flexibility index (Phi) is 4.62. The average molecular weight is 563 g/mol. The number of rotatable bonds is 2. The molecule has 0 bridgehead atoms. The Hall–Kier alpha value is -4.64. The molecule has 41 heavy (non-hydrogen) atoms. The molecule has 0 atom stereocenters. The molecule has 0 saturated heterocycles. The van der Waals surface area contributed by atoms with Gasteiger partial charge in [0.2, 0.25) is 0 Å². The molecule has 5 aromatic carbocycles. The minimum Gasteiger partial charge on any atom is -0.508 e. The second-order valence-electron chi connectivity index (χ2n) is 11.0. The molecular formula is C37H22O2S2. The van der Waals surface area contributed by atoms with Crippen molar-refractivity contribution in [2.45, 2.75) is 5.41 Å². The highest BCUT2D eigenvalue weighted by Gasteiger charge is 2.47. The van der Waals surface area contributed by atoms with Crippen molar-refractivity contribution < 1.29 is 10.2 Å². The maximum absolute atomic E-state index is 10.2. The molecule has 9 rings (SSSR count). The van der Waals surface area contributed by atoms with E-state index in [4.69, 9.17) is 0 Å². The first kappa shape index (κ1) is 23.1. The summed E-state index contributed by atoms with van der Waals surface area (Å²) in [6.07, 6.45) is 4.79. The number of benzene rings is 5. The van der Waals surface area contributed by atoms with Gasteiger partial charge in [0.15, 0.2) is 0 Å². The first-order chi connectivity index (χ1) is 20.1. The molecule has 7 aromatic rings. The zero-order valence-electron chi connectivity index (χ0n) is 21.8. The Morgan fingerprint density at radius 3 is 1.88 bits per heavy atom. The van der Waals surface area contributed by atoms with Crippen LogP contribution in [0.25, 0.3) is 49.4 Å². The monoisotopic (exact) mass is 562 g/mol. The Morgan fingerprint density at radius 1 is 0.537 bits per heavy atom. The van der Waals surface area contributed by atoms with Crippen molar-refractivity contribution >= 4 is 72.0 Å². The number of phenolic OH excluding ortho intramolecular Hbond substituents is 2. The predicted molar refractivity (Wildman–Crippen MR) is 173 cm³/mol. The Bertz CT molecular complexity index is 2210. The Labute approximate surface area is 244 Å². The molecule has 0 saturated carbocycles. The summed E-state index contributed by atoms with van der Waals surface area (Å²) in [6.45, 7) is 0. The molecule has 2 heterocycles. The number of fused-ring (bicyclic) bond motifs is 7. The molecular weight excluding hydrogens is 541 g/mol. The first-order valence-electron chi connectivity index (χ1n) is 13.6. The van der Waals surface area contributed by atoms with Crippen LogP contribution in [0.3, 0.4) is 0 Å². The Morgan fingerprint density at radius 2 is 1.17 bits per heavy atom. The first-order valence-corrected chi connectivity index (χ1v) is 15.3. The molecule has 0 aliphatic heterocycles. The van der Waals surface area contributed by atoms with Crippen molar-refractivity contribution in [2.24, 2.45) is 0 Å². The van der Waals surface area contributed by atoms with Crippen molar-refractivity contribution in [1.29, 1.82) is 0 Å². The van der Waals surface area contributed by atoms with E-state index in [1.165, 1.54) is 53.9 Å². The maximum atomic E-state index is 10.2. The van der Waals surface area contributed by atoms with Crippen molar-refractivity contribution in [1.82, 2.24) is 0 Å². The summed E-state index contributed by atoms with van der Waals surface area (Å²) >= 11 is 3.58. The van der Waals surface area contributed by atoms with E-state index < -0.39 is 5.41 Å². The van der Waals surface area contributed by atoms with Gasteiger partial charge in [-0.3, -0.25) is 0 Å². The van der Waals surface area contributed by atoms with Gasteiger partial charge in [0.05, 0.1) is 5.41 Å². The number of hydrogen-bond acceptors (Lipinski definition) is 4. The van der Waals surface area contributed by atoms with E-state index in [1.54, 1.807) is 34.8 Å². The average Bonchev–Trinajstić information content (AvgIpc) is 3.73. The molecule has 4 heteroatoms. The number of aromatic hydroxyl groups is 2. The summed E-state index contributed by atoms with van der Waals surface area (Å²) < 4.78 is 1.30. The molecule has 194 valence electrons. The van der Waals surface area contributed by atoms with E-state index in [9.17, 15) is 10.2 Å². The van der Waals surface area contributed by atoms with Crippen molar-refractivity contribution in [3.63, 3.8) is 0 Å². The van der Waals surface area contributed by atoms with Gasteiger partial charge < -0.3 is 10.2 Å². The largest absolute Gasteiger partial charge is 0.508 e. The van der Waals surface area contributed by atoms with Crippen LogP contribution in [0, 0.1) is 0 Å². The van der Waals surface area contributed by atoms with Gasteiger partial charge in [-0.25, -0.2) is 0 Å². The van der Waals surface area contributed by atoms with Gasteiger partial charge in [0.25, 0.3) is 0 Å². The van der Waals surface area contributed by atoms with Crippen molar-refractivity contribution in [3.05, 3.63) is 146 Å². The normalized spacial score (nSPS) is 15.0. The number of thiophene rings is 2. The fraction of sp³-hybridized carbons (Fsp3) is 0.0270. The van der Waals surface area contributed by atoms with Crippen LogP contribution in [-0.2, 0) is 5.41 Å². The lowest BCUT2D eigenvalue weighted by atomic mass is 9.61. The quantitative estimate of drug-likeness (QED) is 0.220. The zero-order chi connectivity index (χ0) is 27.3. The van der Waals surface area contributed by atoms with Crippen LogP contribution in [0.2, 0.25) is 0 Å². The second-order valence-corrected chi connectivity index (χ2v) is 12.9. The molecule has 2 nitrogen and oxygen atoms in total. The zero-order valence-corrected chi connectivity index (χ0v) is 23.4. The van der Waals surface area contributed by atoms with Gasteiger partial charge in [-0.05, 0) is 149 Å². The number of allylic oxidation sites excluding steroid dienone is 2. The van der Waals surface area contributed by atoms with Crippen molar-refractivity contribution in [3.8, 4) is 11.5 Å². The van der Waals surface area contributed by atoms with Gasteiger partial charge >= 0.3 is 0 Å². The van der Waals surface area contributed by atoms with Crippen LogP contribution in [0.5, 0.6) is 11.5 Å². The summed E-state index contributed by atoms with van der Waals surface area (Å²) in [5.74, 6) is 0.546. The number of phenols is 2. The fourth-order valence-corrected chi connectivity index (χ4v) is 8.67. The second kappa shape index (κ2) is 8.20. The molecule has 0 amide bonds. The van der Waals surface area contributed by atoms with Crippen molar-refractivity contribution in [2.75, 3.05) is 0 Å². The smallest absolute Gasteiger partial charge is 0.116 e. The lowest BCUT2D eigenvalue weighted by Crippen LogP contribution is -2.33. The molecule has 0 radical (unpaired) electrons. The molecule has 0 fully saturated rings.